The summed E-state index contributed by atoms with van der Waals surface area (Å²) in [5.41, 5.74) is 3.43. The predicted octanol–water partition coefficient (Wildman–Crippen LogP) is 8.76. The van der Waals surface area contributed by atoms with Crippen molar-refractivity contribution < 1.29 is 59.1 Å². The number of ether oxygens (including phenoxy) is 2. The van der Waals surface area contributed by atoms with Crippen molar-refractivity contribution in [3.05, 3.63) is 152 Å². The number of halogens is 2. The van der Waals surface area contributed by atoms with Crippen LogP contribution in [0.5, 0.6) is 23.0 Å². The number of nitrogens with zero attached hydrogens (tertiary/aromatic N) is 5. The van der Waals surface area contributed by atoms with Crippen LogP contribution in [0.3, 0.4) is 0 Å². The quantitative estimate of drug-likeness (QED) is 0.118. The van der Waals surface area contributed by atoms with Gasteiger partial charge < -0.3 is 24.0 Å². The Balaban J connectivity index is 0.00000208. The van der Waals surface area contributed by atoms with E-state index in [1.54, 1.807) is 59.7 Å². The van der Waals surface area contributed by atoms with Gasteiger partial charge in [0, 0.05) is 59.4 Å². The standard InChI is InChI=1S/C38H19F2N5O2.2Pd/c39-30-20-28-29-21-31(40)37(47-27-11-6-9-25(19-27)33-13-2-4-15-42-33)23-35(29)45(38-43-16-7-17-44-38)34(28)22-36(30)46-26-10-5-8-24(18-26)32-12-1-3-14-41-32;;/h1-17,20-21H;;/q-4;2*+2. The summed E-state index contributed by atoms with van der Waals surface area (Å²) < 4.78 is 44.8. The third kappa shape index (κ3) is 6.76. The Morgan fingerprint density at radius 2 is 0.980 bits per heavy atom. The van der Waals surface area contributed by atoms with Gasteiger partial charge in [-0.1, -0.05) is 47.4 Å². The zero-order chi connectivity index (χ0) is 31.7. The number of rotatable bonds is 7. The van der Waals surface area contributed by atoms with Crippen LogP contribution >= 0.6 is 0 Å². The molecule has 0 aliphatic heterocycles. The molecule has 4 aromatic carbocycles. The Morgan fingerprint density at radius 1 is 0.510 bits per heavy atom. The van der Waals surface area contributed by atoms with Crippen LogP contribution in [0.25, 0.3) is 50.3 Å². The second-order valence-corrected chi connectivity index (χ2v) is 10.3. The van der Waals surface area contributed by atoms with E-state index in [4.69, 9.17) is 9.47 Å². The maximum Gasteiger partial charge on any atom is 2.00 e. The number of benzene rings is 4. The molecule has 49 heavy (non-hydrogen) atoms. The Labute approximate surface area is 306 Å². The van der Waals surface area contributed by atoms with E-state index < -0.39 is 11.6 Å². The van der Waals surface area contributed by atoms with Crippen LogP contribution < -0.4 is 9.47 Å². The Hall–Kier alpha value is -5.16. The fraction of sp³-hybridized carbons (Fsp3) is 0. The second-order valence-electron chi connectivity index (χ2n) is 10.3. The molecule has 0 aliphatic carbocycles. The first-order chi connectivity index (χ1) is 23.1. The van der Waals surface area contributed by atoms with E-state index in [0.29, 0.717) is 44.3 Å². The number of hydrogen-bond acceptors (Lipinski definition) is 6. The molecule has 4 aromatic heterocycles. The van der Waals surface area contributed by atoms with Crippen LogP contribution in [0, 0.1) is 35.9 Å². The molecule has 0 N–H and O–H groups in total. The first-order valence-electron chi connectivity index (χ1n) is 14.4. The van der Waals surface area contributed by atoms with Gasteiger partial charge in [0.1, 0.15) is 0 Å². The summed E-state index contributed by atoms with van der Waals surface area (Å²) in [7, 11) is 0. The van der Waals surface area contributed by atoms with Crippen molar-refractivity contribution in [2.45, 2.75) is 0 Å². The Kier molecular flexibility index (Phi) is 10.0. The molecule has 4 heterocycles. The fourth-order valence-corrected chi connectivity index (χ4v) is 5.20. The van der Waals surface area contributed by atoms with E-state index in [1.807, 2.05) is 48.5 Å². The van der Waals surface area contributed by atoms with Crippen molar-refractivity contribution in [3.8, 4) is 51.5 Å². The minimum atomic E-state index is -0.705. The van der Waals surface area contributed by atoms with Crippen LogP contribution in [-0.4, -0.2) is 24.5 Å². The van der Waals surface area contributed by atoms with Gasteiger partial charge in [-0.25, -0.2) is 9.97 Å². The minimum Gasteiger partial charge on any atom is -0.500 e. The zero-order valence-corrected chi connectivity index (χ0v) is 28.0. The molecule has 0 saturated heterocycles. The average molecular weight is 828 g/mol. The van der Waals surface area contributed by atoms with E-state index >= 15 is 8.78 Å². The van der Waals surface area contributed by atoms with E-state index in [9.17, 15) is 0 Å². The Bertz CT molecular complexity index is 2250. The molecule has 8 aromatic rings. The molecule has 0 spiro atoms. The number of fused-ring (bicyclic) bond motifs is 3. The van der Waals surface area contributed by atoms with Crippen LogP contribution in [0.4, 0.5) is 8.78 Å². The van der Waals surface area contributed by atoms with Crippen molar-refractivity contribution in [1.82, 2.24) is 24.5 Å². The number of hydrogen-bond donors (Lipinski definition) is 0. The molecule has 0 amide bonds. The van der Waals surface area contributed by atoms with Crippen molar-refractivity contribution in [2.75, 3.05) is 0 Å². The number of aromatic nitrogens is 5. The van der Waals surface area contributed by atoms with Crippen molar-refractivity contribution in [3.63, 3.8) is 0 Å². The summed E-state index contributed by atoms with van der Waals surface area (Å²) in [6.07, 6.45) is 6.49. The van der Waals surface area contributed by atoms with Gasteiger partial charge in [0.15, 0.2) is 0 Å². The molecule has 242 valence electrons. The van der Waals surface area contributed by atoms with Crippen molar-refractivity contribution in [2.24, 2.45) is 0 Å². The Morgan fingerprint density at radius 3 is 1.43 bits per heavy atom. The summed E-state index contributed by atoms with van der Waals surface area (Å²) in [6.45, 7) is 0. The molecular weight excluding hydrogens is 809 g/mol. The molecule has 0 fully saturated rings. The maximum absolute atomic E-state index is 15.7. The molecule has 11 heteroatoms. The normalized spacial score (nSPS) is 10.7. The van der Waals surface area contributed by atoms with Crippen LogP contribution in [0.1, 0.15) is 0 Å². The van der Waals surface area contributed by atoms with Gasteiger partial charge in [0.05, 0.1) is 0 Å². The maximum atomic E-state index is 15.7. The molecule has 0 unspecified atom stereocenters. The minimum absolute atomic E-state index is 0. The van der Waals surface area contributed by atoms with Gasteiger partial charge in [-0.3, -0.25) is 8.78 Å². The number of pyridine rings is 2. The molecule has 0 bridgehead atoms. The van der Waals surface area contributed by atoms with Gasteiger partial charge in [-0.05, 0) is 29.6 Å². The van der Waals surface area contributed by atoms with Crippen molar-refractivity contribution >= 4 is 21.8 Å². The molecule has 7 nitrogen and oxygen atoms in total. The molecular formula is C38H19F2N5O2Pd2. The smallest absolute Gasteiger partial charge is 0.500 e. The second kappa shape index (κ2) is 14.5. The molecule has 0 atom stereocenters. The first-order valence-corrected chi connectivity index (χ1v) is 14.4. The fourth-order valence-electron chi connectivity index (χ4n) is 5.20. The van der Waals surface area contributed by atoms with E-state index in [2.05, 4.69) is 44.2 Å². The zero-order valence-electron chi connectivity index (χ0n) is 24.9. The summed E-state index contributed by atoms with van der Waals surface area (Å²) in [4.78, 5) is 17.5. The van der Waals surface area contributed by atoms with Gasteiger partial charge in [-0.2, -0.15) is 10.8 Å². The predicted molar refractivity (Wildman–Crippen MR) is 171 cm³/mol. The molecule has 0 saturated carbocycles. The summed E-state index contributed by atoms with van der Waals surface area (Å²) in [5, 5.41) is 0.711. The summed E-state index contributed by atoms with van der Waals surface area (Å²) in [6, 6.07) is 38.1. The van der Waals surface area contributed by atoms with Crippen molar-refractivity contribution in [1.29, 1.82) is 0 Å². The van der Waals surface area contributed by atoms with E-state index in [1.165, 1.54) is 12.1 Å². The van der Waals surface area contributed by atoms with Gasteiger partial charge in [-0.15, -0.1) is 71.8 Å². The average Bonchev–Trinajstić information content (AvgIpc) is 3.41. The monoisotopic (exact) mass is 827 g/mol. The third-order valence-electron chi connectivity index (χ3n) is 7.28. The topological polar surface area (TPSA) is 75.0 Å². The summed E-state index contributed by atoms with van der Waals surface area (Å²) in [5.74, 6) is -1.03. The largest absolute Gasteiger partial charge is 2.00 e. The van der Waals surface area contributed by atoms with Gasteiger partial charge >= 0.3 is 40.8 Å². The first kappa shape index (κ1) is 33.7. The molecule has 0 radical (unpaired) electrons. The molecule has 8 rings (SSSR count). The van der Waals surface area contributed by atoms with Gasteiger partial charge in [0.2, 0.25) is 5.95 Å². The van der Waals surface area contributed by atoms with Crippen LogP contribution in [-0.2, 0) is 40.8 Å². The van der Waals surface area contributed by atoms with E-state index in [0.717, 1.165) is 0 Å². The summed E-state index contributed by atoms with van der Waals surface area (Å²) >= 11 is 0. The van der Waals surface area contributed by atoms with E-state index in [-0.39, 0.29) is 69.8 Å². The third-order valence-corrected chi connectivity index (χ3v) is 7.28. The van der Waals surface area contributed by atoms with Crippen LogP contribution in [0.15, 0.2) is 116 Å². The SMILES string of the molecule is Fc1cc2c3cc(F)c(Oc4[c-]c(-c5ccccn5)ccc4)[c-]c3n(-c3ncccn3)c2[c-]c1Oc1[c-]c(-c2ccccn2)ccc1.[Pd+2].[Pd+2]. The van der Waals surface area contributed by atoms with Crippen LogP contribution in [0.2, 0.25) is 0 Å². The molecule has 0 aliphatic rings. The van der Waals surface area contributed by atoms with Gasteiger partial charge in [0.25, 0.3) is 0 Å².